The van der Waals surface area contributed by atoms with Gasteiger partial charge in [0.2, 0.25) is 0 Å². The smallest absolute Gasteiger partial charge is 0.131 e. The van der Waals surface area contributed by atoms with Gasteiger partial charge >= 0.3 is 0 Å². The summed E-state index contributed by atoms with van der Waals surface area (Å²) in [5.74, 6) is 0. The number of nitrogens with two attached hydrogens (primary N) is 1. The SMILES string of the molecule is Cn1cc(CNc2sc(C#N)c(N)c2C#N)cn1. The molecule has 0 atom stereocenters. The predicted octanol–water partition coefficient (Wildman–Crippen LogP) is 1.42. The molecule has 0 aromatic carbocycles. The first kappa shape index (κ1) is 12.0. The third-order valence-electron chi connectivity index (χ3n) is 2.37. The molecule has 0 fully saturated rings. The number of aromatic nitrogens is 2. The van der Waals surface area contributed by atoms with E-state index < -0.39 is 0 Å². The van der Waals surface area contributed by atoms with Crippen LogP contribution < -0.4 is 11.1 Å². The molecule has 0 saturated heterocycles. The van der Waals surface area contributed by atoms with Gasteiger partial charge in [0.1, 0.15) is 27.6 Å². The number of hydrogen-bond acceptors (Lipinski definition) is 6. The van der Waals surface area contributed by atoms with Gasteiger partial charge in [-0.15, -0.1) is 11.3 Å². The van der Waals surface area contributed by atoms with E-state index in [-0.39, 0.29) is 5.69 Å². The van der Waals surface area contributed by atoms with Crippen molar-refractivity contribution in [2.75, 3.05) is 11.1 Å². The lowest BCUT2D eigenvalue weighted by molar-refractivity contribution is 0.767. The Morgan fingerprint density at radius 1 is 1.50 bits per heavy atom. The van der Waals surface area contributed by atoms with Crippen LogP contribution in [0.15, 0.2) is 12.4 Å². The Hall–Kier alpha value is -2.51. The first-order valence-electron chi connectivity index (χ1n) is 5.09. The number of rotatable bonds is 3. The zero-order chi connectivity index (χ0) is 13.1. The van der Waals surface area contributed by atoms with Gasteiger partial charge in [0.15, 0.2) is 0 Å². The van der Waals surface area contributed by atoms with Crippen LogP contribution in [0.4, 0.5) is 10.7 Å². The van der Waals surface area contributed by atoms with Gasteiger partial charge in [-0.1, -0.05) is 0 Å². The average Bonchev–Trinajstić information content (AvgIpc) is 2.90. The fraction of sp³-hybridized carbons (Fsp3) is 0.182. The summed E-state index contributed by atoms with van der Waals surface area (Å²) in [5.41, 5.74) is 7.28. The van der Waals surface area contributed by atoms with Crippen LogP contribution in [0.3, 0.4) is 0 Å². The third-order valence-corrected chi connectivity index (χ3v) is 3.44. The molecule has 0 amide bonds. The van der Waals surface area contributed by atoms with Crippen molar-refractivity contribution < 1.29 is 0 Å². The third kappa shape index (κ3) is 2.12. The van der Waals surface area contributed by atoms with Gasteiger partial charge in [-0.3, -0.25) is 4.68 Å². The molecule has 0 spiro atoms. The molecular formula is C11H10N6S. The molecule has 0 saturated carbocycles. The van der Waals surface area contributed by atoms with E-state index >= 15 is 0 Å². The molecule has 0 bridgehead atoms. The fourth-order valence-electron chi connectivity index (χ4n) is 1.51. The minimum absolute atomic E-state index is 0.249. The number of aryl methyl sites for hydroxylation is 1. The molecule has 2 aromatic heterocycles. The van der Waals surface area contributed by atoms with Gasteiger partial charge in [-0.05, 0) is 0 Å². The molecule has 2 heterocycles. The molecule has 3 N–H and O–H groups in total. The average molecular weight is 258 g/mol. The molecule has 90 valence electrons. The summed E-state index contributed by atoms with van der Waals surface area (Å²) < 4.78 is 1.70. The maximum absolute atomic E-state index is 9.02. The Bertz CT molecular complexity index is 654. The molecule has 2 rings (SSSR count). The summed E-state index contributed by atoms with van der Waals surface area (Å²) in [6.45, 7) is 0.535. The largest absolute Gasteiger partial charge is 0.396 e. The Morgan fingerprint density at radius 3 is 2.83 bits per heavy atom. The number of anilines is 2. The van der Waals surface area contributed by atoms with Crippen molar-refractivity contribution in [3.05, 3.63) is 28.4 Å². The Kier molecular flexibility index (Phi) is 3.18. The van der Waals surface area contributed by atoms with Crippen LogP contribution in [0.5, 0.6) is 0 Å². The van der Waals surface area contributed by atoms with Gasteiger partial charge in [-0.25, -0.2) is 0 Å². The maximum atomic E-state index is 9.02. The molecule has 0 aliphatic carbocycles. The quantitative estimate of drug-likeness (QED) is 0.866. The molecule has 7 heteroatoms. The van der Waals surface area contributed by atoms with E-state index in [0.717, 1.165) is 5.56 Å². The second-order valence-corrected chi connectivity index (χ2v) is 4.67. The standard InChI is InChI=1S/C11H10N6S/c1-17-6-7(5-16-17)4-15-11-8(2-12)10(14)9(3-13)18-11/h5-6,15H,4,14H2,1H3. The highest BCUT2D eigenvalue weighted by molar-refractivity contribution is 7.17. The highest BCUT2D eigenvalue weighted by Gasteiger charge is 2.15. The lowest BCUT2D eigenvalue weighted by atomic mass is 10.2. The Balaban J connectivity index is 2.20. The van der Waals surface area contributed by atoms with Crippen molar-refractivity contribution in [1.82, 2.24) is 9.78 Å². The van der Waals surface area contributed by atoms with E-state index in [0.29, 0.717) is 22.0 Å². The van der Waals surface area contributed by atoms with Crippen molar-refractivity contribution in [3.63, 3.8) is 0 Å². The van der Waals surface area contributed by atoms with Crippen LogP contribution in [-0.4, -0.2) is 9.78 Å². The zero-order valence-electron chi connectivity index (χ0n) is 9.64. The zero-order valence-corrected chi connectivity index (χ0v) is 10.5. The monoisotopic (exact) mass is 258 g/mol. The van der Waals surface area contributed by atoms with E-state index in [1.165, 1.54) is 11.3 Å². The van der Waals surface area contributed by atoms with E-state index in [1.807, 2.05) is 25.4 Å². The number of nitriles is 2. The summed E-state index contributed by atoms with van der Waals surface area (Å²) in [6, 6.07) is 3.99. The van der Waals surface area contributed by atoms with E-state index in [2.05, 4.69) is 10.4 Å². The number of nitrogens with one attached hydrogen (secondary N) is 1. The lowest BCUT2D eigenvalue weighted by Gasteiger charge is -2.01. The number of thiophene rings is 1. The molecule has 18 heavy (non-hydrogen) atoms. The number of nitrogens with zero attached hydrogens (tertiary/aromatic N) is 4. The van der Waals surface area contributed by atoms with Crippen LogP contribution in [0.25, 0.3) is 0 Å². The number of nitrogen functional groups attached to an aromatic ring is 1. The summed E-state index contributed by atoms with van der Waals surface area (Å²) in [6.07, 6.45) is 3.61. The van der Waals surface area contributed by atoms with Crippen LogP contribution in [0, 0.1) is 22.7 Å². The molecular weight excluding hydrogens is 248 g/mol. The van der Waals surface area contributed by atoms with Crippen LogP contribution >= 0.6 is 11.3 Å². The molecule has 0 radical (unpaired) electrons. The molecule has 6 nitrogen and oxygen atoms in total. The van der Waals surface area contributed by atoms with Crippen molar-refractivity contribution >= 4 is 22.0 Å². The second-order valence-electron chi connectivity index (χ2n) is 3.65. The fourth-order valence-corrected chi connectivity index (χ4v) is 2.37. The maximum Gasteiger partial charge on any atom is 0.131 e. The summed E-state index contributed by atoms with van der Waals surface area (Å²) in [5, 5.41) is 25.7. The number of hydrogen-bond donors (Lipinski definition) is 2. The minimum atomic E-state index is 0.249. The topological polar surface area (TPSA) is 103 Å². The van der Waals surface area contributed by atoms with Crippen molar-refractivity contribution in [2.24, 2.45) is 7.05 Å². The van der Waals surface area contributed by atoms with Gasteiger partial charge in [0.25, 0.3) is 0 Å². The van der Waals surface area contributed by atoms with E-state index in [9.17, 15) is 0 Å². The Labute approximate surface area is 108 Å². The van der Waals surface area contributed by atoms with Gasteiger partial charge in [0, 0.05) is 25.4 Å². The highest BCUT2D eigenvalue weighted by Crippen LogP contribution is 2.34. The molecule has 0 unspecified atom stereocenters. The van der Waals surface area contributed by atoms with Crippen molar-refractivity contribution in [2.45, 2.75) is 6.54 Å². The first-order valence-corrected chi connectivity index (χ1v) is 5.91. The molecule has 0 aliphatic heterocycles. The molecule has 2 aromatic rings. The van der Waals surface area contributed by atoms with Crippen molar-refractivity contribution in [3.8, 4) is 12.1 Å². The predicted molar refractivity (Wildman–Crippen MR) is 68.7 cm³/mol. The minimum Gasteiger partial charge on any atom is -0.396 e. The summed E-state index contributed by atoms with van der Waals surface area (Å²) in [7, 11) is 1.83. The normalized spacial score (nSPS) is 9.72. The summed E-state index contributed by atoms with van der Waals surface area (Å²) >= 11 is 1.19. The van der Waals surface area contributed by atoms with Gasteiger partial charge in [-0.2, -0.15) is 15.6 Å². The second kappa shape index (κ2) is 4.78. The van der Waals surface area contributed by atoms with E-state index in [4.69, 9.17) is 16.3 Å². The lowest BCUT2D eigenvalue weighted by Crippen LogP contribution is -1.98. The van der Waals surface area contributed by atoms with Crippen molar-refractivity contribution in [1.29, 1.82) is 10.5 Å². The Morgan fingerprint density at radius 2 is 2.28 bits per heavy atom. The van der Waals surface area contributed by atoms with Crippen LogP contribution in [0.2, 0.25) is 0 Å². The van der Waals surface area contributed by atoms with Crippen LogP contribution in [-0.2, 0) is 13.6 Å². The van der Waals surface area contributed by atoms with E-state index in [1.54, 1.807) is 10.9 Å². The van der Waals surface area contributed by atoms with Gasteiger partial charge < -0.3 is 11.1 Å². The van der Waals surface area contributed by atoms with Gasteiger partial charge in [0.05, 0.1) is 11.9 Å². The van der Waals surface area contributed by atoms with Crippen LogP contribution in [0.1, 0.15) is 16.0 Å². The highest BCUT2D eigenvalue weighted by atomic mass is 32.1. The first-order chi connectivity index (χ1) is 8.65. The molecule has 0 aliphatic rings. The summed E-state index contributed by atoms with van der Waals surface area (Å²) in [4.78, 5) is 0.361.